The summed E-state index contributed by atoms with van der Waals surface area (Å²) in [6, 6.07) is 11.7. The van der Waals surface area contributed by atoms with Crippen molar-refractivity contribution in [2.75, 3.05) is 6.07 Å². The van der Waals surface area contributed by atoms with Gasteiger partial charge in [0.05, 0.1) is 0 Å². The van der Waals surface area contributed by atoms with Crippen molar-refractivity contribution in [1.82, 2.24) is 0 Å². The monoisotopic (exact) mass is 230 g/mol. The minimum absolute atomic E-state index is 0.278. The van der Waals surface area contributed by atoms with Gasteiger partial charge in [-0.3, -0.25) is 0 Å². The van der Waals surface area contributed by atoms with Crippen LogP contribution in [0.3, 0.4) is 0 Å². The molecule has 0 atom stereocenters. The minimum atomic E-state index is -0.278. The number of alkyl halides is 1. The summed E-state index contributed by atoms with van der Waals surface area (Å²) in [5.41, 5.74) is 0. The summed E-state index contributed by atoms with van der Waals surface area (Å²) in [5, 5.41) is 18.1. The quantitative estimate of drug-likeness (QED) is 0.359. The van der Waals surface area contributed by atoms with Crippen LogP contribution in [-0.2, 0) is 9.59 Å². The third-order valence-corrected chi connectivity index (χ3v) is 0.667. The Hall–Kier alpha value is -1.77. The van der Waals surface area contributed by atoms with Gasteiger partial charge in [0.15, 0.2) is 0 Å². The lowest BCUT2D eigenvalue weighted by atomic mass is 10.4. The smallest absolute Gasteiger partial charge is 0.231 e. The number of aliphatic hydroxyl groups excluding tert-OH is 1. The van der Waals surface area contributed by atoms with Gasteiger partial charge in [-0.15, -0.1) is 0 Å². The van der Waals surface area contributed by atoms with Gasteiger partial charge in [0.1, 0.15) is 6.07 Å². The van der Waals surface area contributed by atoms with E-state index in [9.17, 15) is 0 Å². The summed E-state index contributed by atoms with van der Waals surface area (Å²) in [6.07, 6.45) is 1.50. The zero-order valence-corrected chi connectivity index (χ0v) is 8.57. The van der Waals surface area contributed by atoms with Crippen LogP contribution < -0.4 is 0 Å². The van der Waals surface area contributed by atoms with Crippen LogP contribution in [0.5, 0.6) is 0 Å². The molecule has 0 heterocycles. The Morgan fingerprint density at radius 3 is 1.07 bits per heavy atom. The summed E-state index contributed by atoms with van der Waals surface area (Å²) in [6.45, 7) is 0. The molecule has 82 valence electrons. The van der Waals surface area contributed by atoms with E-state index in [1.807, 2.05) is 36.4 Å². The van der Waals surface area contributed by atoms with Crippen LogP contribution >= 0.6 is 11.6 Å². The second kappa shape index (κ2) is 29.5. The molecule has 0 aromatic heterocycles. The largest absolute Gasteiger partial charge is 0.381 e. The van der Waals surface area contributed by atoms with Crippen LogP contribution in [0, 0.1) is 10.8 Å². The van der Waals surface area contributed by atoms with E-state index in [1.165, 1.54) is 0 Å². The van der Waals surface area contributed by atoms with Crippen molar-refractivity contribution in [3.8, 4) is 0 Å². The van der Waals surface area contributed by atoms with Crippen LogP contribution in [0.1, 0.15) is 0 Å². The predicted octanol–water partition coefficient (Wildman–Crippen LogP) is 1.66. The van der Waals surface area contributed by atoms with Gasteiger partial charge in [-0.1, -0.05) is 48.0 Å². The number of hydrogen-bond acceptors (Lipinski definition) is 5. The van der Waals surface area contributed by atoms with E-state index in [0.717, 1.165) is 12.2 Å². The summed E-state index contributed by atoms with van der Waals surface area (Å²) >= 11 is 4.55. The molecule has 0 aliphatic rings. The molecule has 5 nitrogen and oxygen atoms in total. The SMILES string of the molecule is N=C=O.N=C=O.OCCl.c1ccccc1. The third-order valence-electron chi connectivity index (χ3n) is 0.667. The molecule has 0 fully saturated rings. The highest BCUT2D eigenvalue weighted by Gasteiger charge is 1.57. The van der Waals surface area contributed by atoms with Gasteiger partial charge in [-0.05, 0) is 0 Å². The molecule has 6 heteroatoms. The molecular weight excluding hydrogens is 220 g/mol. The molecule has 3 N–H and O–H groups in total. The molecule has 1 aromatic rings. The maximum atomic E-state index is 8.35. The van der Waals surface area contributed by atoms with E-state index >= 15 is 0 Å². The van der Waals surface area contributed by atoms with Crippen molar-refractivity contribution < 1.29 is 14.7 Å². The first-order valence-electron chi connectivity index (χ1n) is 3.49. The highest BCUT2D eigenvalue weighted by molar-refractivity contribution is 6.16. The fourth-order valence-corrected chi connectivity index (χ4v) is 0.385. The van der Waals surface area contributed by atoms with Crippen molar-refractivity contribution >= 4 is 23.8 Å². The van der Waals surface area contributed by atoms with E-state index in [-0.39, 0.29) is 6.07 Å². The molecule has 0 spiro atoms. The summed E-state index contributed by atoms with van der Waals surface area (Å²) in [5.74, 6) is 0. The molecule has 0 amide bonds. The highest BCUT2D eigenvalue weighted by atomic mass is 35.5. The first-order chi connectivity index (χ1) is 7.24. The normalized spacial score (nSPS) is 5.47. The van der Waals surface area contributed by atoms with Gasteiger partial charge in [0, 0.05) is 0 Å². The van der Waals surface area contributed by atoms with E-state index in [0.29, 0.717) is 0 Å². The van der Waals surface area contributed by atoms with Crippen LogP contribution in [0.25, 0.3) is 0 Å². The van der Waals surface area contributed by atoms with Gasteiger partial charge < -0.3 is 5.11 Å². The Labute approximate surface area is 92.3 Å². The maximum absolute atomic E-state index is 8.35. The van der Waals surface area contributed by atoms with Gasteiger partial charge in [0.25, 0.3) is 0 Å². The van der Waals surface area contributed by atoms with Crippen molar-refractivity contribution in [3.63, 3.8) is 0 Å². The standard InChI is InChI=1S/C6H6.CH3ClO.2CHNO/c1-2-4-6-5-3-1;3*2-1-3/h1-6H;3H,1H2;2*2H. The molecule has 1 aromatic carbocycles. The molecule has 15 heavy (non-hydrogen) atoms. The van der Waals surface area contributed by atoms with Gasteiger partial charge in [0.2, 0.25) is 12.2 Å². The lowest BCUT2D eigenvalue weighted by Crippen LogP contribution is -1.49. The second-order valence-corrected chi connectivity index (χ2v) is 1.72. The summed E-state index contributed by atoms with van der Waals surface area (Å²) in [7, 11) is 0. The molecule has 0 bridgehead atoms. The zero-order chi connectivity index (χ0) is 12.4. The van der Waals surface area contributed by atoms with Crippen molar-refractivity contribution in [3.05, 3.63) is 36.4 Å². The number of hydrogen-bond donors (Lipinski definition) is 3. The average Bonchev–Trinajstić information content (AvgIpc) is 2.24. The van der Waals surface area contributed by atoms with Crippen LogP contribution in [-0.4, -0.2) is 23.3 Å². The summed E-state index contributed by atoms with van der Waals surface area (Å²) in [4.78, 5) is 16.7. The lowest BCUT2D eigenvalue weighted by Gasteiger charge is -1.69. The molecule has 0 radical (unpaired) electrons. The van der Waals surface area contributed by atoms with Gasteiger partial charge in [-0.2, -0.15) is 0 Å². The van der Waals surface area contributed by atoms with Crippen molar-refractivity contribution in [2.45, 2.75) is 0 Å². The Bertz CT molecular complexity index is 217. The fourth-order valence-electron chi connectivity index (χ4n) is 0.385. The molecular formula is C9H11ClN2O3. The Morgan fingerprint density at radius 2 is 1.00 bits per heavy atom. The highest BCUT2D eigenvalue weighted by Crippen LogP contribution is 1.79. The van der Waals surface area contributed by atoms with Crippen LogP contribution in [0.4, 0.5) is 0 Å². The molecule has 0 saturated heterocycles. The number of aliphatic hydroxyl groups is 1. The number of nitrogens with one attached hydrogen (secondary N) is 2. The van der Waals surface area contributed by atoms with Crippen LogP contribution in [0.15, 0.2) is 36.4 Å². The van der Waals surface area contributed by atoms with Gasteiger partial charge in [-0.25, -0.2) is 20.4 Å². The Kier molecular flexibility index (Phi) is 37.2. The number of isocyanates is 2. The Balaban J connectivity index is -0.000000140. The van der Waals surface area contributed by atoms with Gasteiger partial charge >= 0.3 is 0 Å². The molecule has 0 unspecified atom stereocenters. The van der Waals surface area contributed by atoms with Crippen molar-refractivity contribution in [2.24, 2.45) is 0 Å². The zero-order valence-electron chi connectivity index (χ0n) is 7.81. The fraction of sp³-hybridized carbons (Fsp3) is 0.111. The topological polar surface area (TPSA) is 102 Å². The van der Waals surface area contributed by atoms with E-state index < -0.39 is 0 Å². The molecule has 1 rings (SSSR count). The second-order valence-electron chi connectivity index (χ2n) is 1.48. The minimum Gasteiger partial charge on any atom is -0.381 e. The van der Waals surface area contributed by atoms with E-state index in [1.54, 1.807) is 0 Å². The van der Waals surface area contributed by atoms with E-state index in [2.05, 4.69) is 11.6 Å². The van der Waals surface area contributed by atoms with E-state index in [4.69, 9.17) is 25.5 Å². The molecule has 0 saturated carbocycles. The number of rotatable bonds is 0. The average molecular weight is 231 g/mol. The maximum Gasteiger partial charge on any atom is 0.231 e. The molecule has 0 aliphatic heterocycles. The molecule has 0 aliphatic carbocycles. The number of benzene rings is 1. The Morgan fingerprint density at radius 1 is 0.933 bits per heavy atom. The van der Waals surface area contributed by atoms with Crippen LogP contribution in [0.2, 0.25) is 0 Å². The van der Waals surface area contributed by atoms with Crippen molar-refractivity contribution in [1.29, 1.82) is 10.8 Å². The summed E-state index contributed by atoms with van der Waals surface area (Å²) < 4.78 is 0. The number of carbonyl (C=O) groups excluding carboxylic acids is 2. The lowest BCUT2D eigenvalue weighted by molar-refractivity contribution is 0.370. The third kappa shape index (κ3) is 71.5. The number of halogens is 1. The first kappa shape index (κ1) is 18.9. The first-order valence-corrected chi connectivity index (χ1v) is 4.03. The predicted molar refractivity (Wildman–Crippen MR) is 56.2 cm³/mol.